The van der Waals surface area contributed by atoms with Gasteiger partial charge in [-0.25, -0.2) is 4.68 Å². The summed E-state index contributed by atoms with van der Waals surface area (Å²) in [7, 11) is 0. The summed E-state index contributed by atoms with van der Waals surface area (Å²) in [5, 5.41) is 4.17. The maximum atomic E-state index is 5.50. The van der Waals surface area contributed by atoms with Gasteiger partial charge in [-0.05, 0) is 25.1 Å². The predicted octanol–water partition coefficient (Wildman–Crippen LogP) is 2.27. The minimum absolute atomic E-state index is 0.665. The summed E-state index contributed by atoms with van der Waals surface area (Å²) < 4.78 is 7.30. The van der Waals surface area contributed by atoms with Crippen LogP contribution in [0.3, 0.4) is 0 Å². The van der Waals surface area contributed by atoms with E-state index in [2.05, 4.69) is 5.10 Å². The summed E-state index contributed by atoms with van der Waals surface area (Å²) in [5.41, 5.74) is 0.972. The molecule has 0 aliphatic heterocycles. The van der Waals surface area contributed by atoms with E-state index in [4.69, 9.17) is 4.74 Å². The Hall–Kier alpha value is -1.77. The molecule has 0 amide bonds. The van der Waals surface area contributed by atoms with Gasteiger partial charge < -0.3 is 4.74 Å². The molecule has 0 aliphatic rings. The van der Waals surface area contributed by atoms with Crippen molar-refractivity contribution in [3.05, 3.63) is 42.7 Å². The summed E-state index contributed by atoms with van der Waals surface area (Å²) in [4.78, 5) is 0. The van der Waals surface area contributed by atoms with Crippen molar-refractivity contribution in [1.82, 2.24) is 9.78 Å². The zero-order chi connectivity index (χ0) is 9.80. The fourth-order valence-corrected chi connectivity index (χ4v) is 1.34. The van der Waals surface area contributed by atoms with E-state index in [9.17, 15) is 0 Å². The van der Waals surface area contributed by atoms with E-state index >= 15 is 0 Å². The molecule has 0 saturated carbocycles. The molecule has 1 heterocycles. The highest BCUT2D eigenvalue weighted by Crippen LogP contribution is 2.21. The molecule has 3 heteroatoms. The summed E-state index contributed by atoms with van der Waals surface area (Å²) >= 11 is 0. The first-order valence-electron chi connectivity index (χ1n) is 4.63. The zero-order valence-corrected chi connectivity index (χ0v) is 8.05. The van der Waals surface area contributed by atoms with Gasteiger partial charge in [-0.15, -0.1) is 0 Å². The minimum atomic E-state index is 0.665. The lowest BCUT2D eigenvalue weighted by molar-refractivity contribution is 0.338. The second-order valence-electron chi connectivity index (χ2n) is 2.85. The van der Waals surface area contributed by atoms with Crippen molar-refractivity contribution in [2.24, 2.45) is 0 Å². The number of nitrogens with zero attached hydrogens (tertiary/aromatic N) is 2. The monoisotopic (exact) mass is 188 g/mol. The average molecular weight is 188 g/mol. The van der Waals surface area contributed by atoms with Crippen molar-refractivity contribution in [3.8, 4) is 11.4 Å². The SMILES string of the molecule is CCOc1ccccc1-n1cccn1. The number of hydrogen-bond donors (Lipinski definition) is 0. The third-order valence-electron chi connectivity index (χ3n) is 1.92. The van der Waals surface area contributed by atoms with Crippen LogP contribution in [0.1, 0.15) is 6.92 Å². The molecule has 0 fully saturated rings. The fraction of sp³-hybridized carbons (Fsp3) is 0.182. The van der Waals surface area contributed by atoms with Gasteiger partial charge in [0.25, 0.3) is 0 Å². The quantitative estimate of drug-likeness (QED) is 0.738. The van der Waals surface area contributed by atoms with Gasteiger partial charge in [-0.3, -0.25) is 0 Å². The first-order chi connectivity index (χ1) is 6.92. The van der Waals surface area contributed by atoms with Crippen LogP contribution in [0.25, 0.3) is 5.69 Å². The van der Waals surface area contributed by atoms with Crippen LogP contribution in [0.2, 0.25) is 0 Å². The largest absolute Gasteiger partial charge is 0.492 e. The Bertz CT molecular complexity index is 395. The molecule has 0 atom stereocenters. The molecular weight excluding hydrogens is 176 g/mol. The molecule has 0 saturated heterocycles. The molecule has 0 bridgehead atoms. The van der Waals surface area contributed by atoms with Crippen molar-refractivity contribution >= 4 is 0 Å². The van der Waals surface area contributed by atoms with Crippen LogP contribution in [0.4, 0.5) is 0 Å². The second-order valence-corrected chi connectivity index (χ2v) is 2.85. The molecule has 0 aliphatic carbocycles. The normalized spacial score (nSPS) is 10.1. The molecule has 14 heavy (non-hydrogen) atoms. The molecule has 1 aromatic carbocycles. The van der Waals surface area contributed by atoms with Crippen LogP contribution < -0.4 is 4.74 Å². The topological polar surface area (TPSA) is 27.1 Å². The Kier molecular flexibility index (Phi) is 2.49. The van der Waals surface area contributed by atoms with E-state index in [1.54, 1.807) is 10.9 Å². The summed E-state index contributed by atoms with van der Waals surface area (Å²) in [6.07, 6.45) is 3.65. The molecule has 2 rings (SSSR count). The molecule has 3 nitrogen and oxygen atoms in total. The lowest BCUT2D eigenvalue weighted by atomic mass is 10.3. The van der Waals surface area contributed by atoms with Crippen molar-refractivity contribution < 1.29 is 4.74 Å². The molecule has 0 radical (unpaired) electrons. The van der Waals surface area contributed by atoms with E-state index < -0.39 is 0 Å². The number of para-hydroxylation sites is 2. The van der Waals surface area contributed by atoms with Gasteiger partial charge in [0.2, 0.25) is 0 Å². The number of hydrogen-bond acceptors (Lipinski definition) is 2. The highest BCUT2D eigenvalue weighted by atomic mass is 16.5. The van der Waals surface area contributed by atoms with E-state index in [0.717, 1.165) is 11.4 Å². The Labute approximate surface area is 82.9 Å². The smallest absolute Gasteiger partial charge is 0.144 e. The molecule has 72 valence electrons. The van der Waals surface area contributed by atoms with E-state index in [-0.39, 0.29) is 0 Å². The minimum Gasteiger partial charge on any atom is -0.492 e. The molecule has 0 spiro atoms. The predicted molar refractivity (Wildman–Crippen MR) is 54.7 cm³/mol. The van der Waals surface area contributed by atoms with Crippen molar-refractivity contribution in [2.45, 2.75) is 6.92 Å². The van der Waals surface area contributed by atoms with Gasteiger partial charge in [0.1, 0.15) is 11.4 Å². The van der Waals surface area contributed by atoms with Crippen LogP contribution in [0.5, 0.6) is 5.75 Å². The van der Waals surface area contributed by atoms with Crippen molar-refractivity contribution in [3.63, 3.8) is 0 Å². The van der Waals surface area contributed by atoms with Crippen LogP contribution in [0.15, 0.2) is 42.7 Å². The zero-order valence-electron chi connectivity index (χ0n) is 8.05. The lowest BCUT2D eigenvalue weighted by Gasteiger charge is -2.09. The molecule has 0 N–H and O–H groups in total. The summed E-state index contributed by atoms with van der Waals surface area (Å²) in [6, 6.07) is 9.75. The van der Waals surface area contributed by atoms with Gasteiger partial charge in [0, 0.05) is 12.4 Å². The van der Waals surface area contributed by atoms with E-state index in [1.807, 2.05) is 43.5 Å². The first kappa shape index (κ1) is 8.81. The van der Waals surface area contributed by atoms with Crippen LogP contribution in [-0.4, -0.2) is 16.4 Å². The third-order valence-corrected chi connectivity index (χ3v) is 1.92. The van der Waals surface area contributed by atoms with Crippen LogP contribution in [-0.2, 0) is 0 Å². The molecule has 2 aromatic rings. The van der Waals surface area contributed by atoms with Crippen LogP contribution >= 0.6 is 0 Å². The Morgan fingerprint density at radius 2 is 2.14 bits per heavy atom. The fourth-order valence-electron chi connectivity index (χ4n) is 1.34. The first-order valence-corrected chi connectivity index (χ1v) is 4.63. The summed E-state index contributed by atoms with van der Waals surface area (Å²) in [6.45, 7) is 2.64. The molecule has 0 unspecified atom stereocenters. The average Bonchev–Trinajstić information content (AvgIpc) is 2.72. The van der Waals surface area contributed by atoms with Gasteiger partial charge >= 0.3 is 0 Å². The van der Waals surface area contributed by atoms with E-state index in [1.165, 1.54) is 0 Å². The van der Waals surface area contributed by atoms with Gasteiger partial charge in [0.15, 0.2) is 0 Å². The van der Waals surface area contributed by atoms with E-state index in [0.29, 0.717) is 6.61 Å². The number of benzene rings is 1. The van der Waals surface area contributed by atoms with Crippen molar-refractivity contribution in [2.75, 3.05) is 6.61 Å². The van der Waals surface area contributed by atoms with Gasteiger partial charge in [0.05, 0.1) is 6.61 Å². The second kappa shape index (κ2) is 3.96. The lowest BCUT2D eigenvalue weighted by Crippen LogP contribution is -2.00. The van der Waals surface area contributed by atoms with Gasteiger partial charge in [-0.2, -0.15) is 5.10 Å². The maximum Gasteiger partial charge on any atom is 0.144 e. The molecule has 1 aromatic heterocycles. The van der Waals surface area contributed by atoms with Gasteiger partial charge in [-0.1, -0.05) is 12.1 Å². The van der Waals surface area contributed by atoms with Crippen LogP contribution in [0, 0.1) is 0 Å². The highest BCUT2D eigenvalue weighted by molar-refractivity contribution is 5.45. The standard InChI is InChI=1S/C11H12N2O/c1-2-14-11-7-4-3-6-10(11)13-9-5-8-12-13/h3-9H,2H2,1H3. The maximum absolute atomic E-state index is 5.50. The molecular formula is C11H12N2O. The Balaban J connectivity index is 2.42. The number of aromatic nitrogens is 2. The Morgan fingerprint density at radius 3 is 2.86 bits per heavy atom. The third kappa shape index (κ3) is 1.62. The van der Waals surface area contributed by atoms with Crippen molar-refractivity contribution in [1.29, 1.82) is 0 Å². The summed E-state index contributed by atoms with van der Waals surface area (Å²) in [5.74, 6) is 0.860. The highest BCUT2D eigenvalue weighted by Gasteiger charge is 2.03. The number of ether oxygens (including phenoxy) is 1. The Morgan fingerprint density at radius 1 is 1.29 bits per heavy atom. The number of rotatable bonds is 3.